The summed E-state index contributed by atoms with van der Waals surface area (Å²) in [5.74, 6) is 0.623. The molecule has 0 saturated carbocycles. The Labute approximate surface area is 72.3 Å². The molecule has 0 atom stereocenters. The summed E-state index contributed by atoms with van der Waals surface area (Å²) in [6, 6.07) is 1.44. The number of rotatable bonds is 1. The minimum absolute atomic E-state index is 0.127. The van der Waals surface area contributed by atoms with Gasteiger partial charge >= 0.3 is 0 Å². The first kappa shape index (κ1) is 8.20. The summed E-state index contributed by atoms with van der Waals surface area (Å²) in [5, 5.41) is 0. The van der Waals surface area contributed by atoms with Gasteiger partial charge in [0.25, 0.3) is 5.56 Å². The van der Waals surface area contributed by atoms with Crippen LogP contribution in [0.1, 0.15) is 11.5 Å². The predicted molar refractivity (Wildman–Crippen MR) is 47.6 cm³/mol. The molecule has 1 aromatic rings. The molecule has 4 heteroatoms. The number of aromatic amines is 1. The lowest BCUT2D eigenvalue weighted by Gasteiger charge is -1.92. The van der Waals surface area contributed by atoms with Gasteiger partial charge in [-0.15, -0.1) is 0 Å². The quantitative estimate of drug-likeness (QED) is 0.770. The fraction of sp³-hybridized carbons (Fsp3) is 0.143. The molecule has 0 aromatic carbocycles. The third-order valence-corrected chi connectivity index (χ3v) is 1.38. The van der Waals surface area contributed by atoms with E-state index in [1.54, 1.807) is 18.0 Å². The number of aromatic nitrogens is 2. The maximum Gasteiger partial charge on any atom is 0.251 e. The Morgan fingerprint density at radius 1 is 1.73 bits per heavy atom. The average Bonchev–Trinajstić information content (AvgIpc) is 1.85. The van der Waals surface area contributed by atoms with E-state index in [2.05, 4.69) is 25.9 Å². The van der Waals surface area contributed by atoms with E-state index in [9.17, 15) is 4.79 Å². The van der Waals surface area contributed by atoms with Crippen LogP contribution in [-0.4, -0.2) is 9.97 Å². The van der Waals surface area contributed by atoms with Crippen LogP contribution in [0.5, 0.6) is 0 Å². The van der Waals surface area contributed by atoms with Crippen LogP contribution in [0.4, 0.5) is 0 Å². The lowest BCUT2D eigenvalue weighted by molar-refractivity contribution is 1.01. The smallest absolute Gasteiger partial charge is 0.251 e. The molecule has 1 N–H and O–H groups in total. The zero-order chi connectivity index (χ0) is 8.27. The van der Waals surface area contributed by atoms with E-state index in [1.165, 1.54) is 6.07 Å². The second kappa shape index (κ2) is 3.48. The van der Waals surface area contributed by atoms with Gasteiger partial charge in [0.05, 0.1) is 5.69 Å². The predicted octanol–water partition coefficient (Wildman–Crippen LogP) is 1.44. The number of nitrogens with zero attached hydrogens (tertiary/aromatic N) is 1. The van der Waals surface area contributed by atoms with Crippen LogP contribution in [0.3, 0.4) is 0 Å². The van der Waals surface area contributed by atoms with Crippen molar-refractivity contribution in [1.82, 2.24) is 9.97 Å². The van der Waals surface area contributed by atoms with Crippen molar-refractivity contribution < 1.29 is 0 Å². The summed E-state index contributed by atoms with van der Waals surface area (Å²) in [5.41, 5.74) is 0.529. The van der Waals surface area contributed by atoms with Crippen molar-refractivity contribution in [2.45, 2.75) is 6.92 Å². The molecular formula is C7H7BrN2O. The molecule has 0 spiro atoms. The van der Waals surface area contributed by atoms with Crippen LogP contribution in [-0.2, 0) is 0 Å². The van der Waals surface area contributed by atoms with Gasteiger partial charge in [-0.25, -0.2) is 4.98 Å². The van der Waals surface area contributed by atoms with Gasteiger partial charge in [0.15, 0.2) is 0 Å². The Bertz CT molecular complexity index is 329. The third-order valence-electron chi connectivity index (χ3n) is 1.11. The highest BCUT2D eigenvalue weighted by molar-refractivity contribution is 9.11. The summed E-state index contributed by atoms with van der Waals surface area (Å²) < 4.78 is 0. The van der Waals surface area contributed by atoms with Crippen molar-refractivity contribution in [1.29, 1.82) is 0 Å². The summed E-state index contributed by atoms with van der Waals surface area (Å²) in [4.78, 5) is 19.1. The molecule has 0 aliphatic heterocycles. The molecule has 58 valence electrons. The zero-order valence-electron chi connectivity index (χ0n) is 5.97. The standard InChI is InChI=1S/C7H7BrN2O/c1-5-9-6(2-3-8)4-7(11)10-5/h2-4H,1H3,(H,9,10,11)/b3-2+. The SMILES string of the molecule is Cc1nc(/C=C/Br)cc(=O)[nH]1. The number of hydrogen-bond acceptors (Lipinski definition) is 2. The molecule has 1 rings (SSSR count). The lowest BCUT2D eigenvalue weighted by Crippen LogP contribution is -2.08. The summed E-state index contributed by atoms with van der Waals surface area (Å²) in [6.45, 7) is 1.74. The van der Waals surface area contributed by atoms with E-state index < -0.39 is 0 Å². The van der Waals surface area contributed by atoms with Crippen LogP contribution in [0.2, 0.25) is 0 Å². The first-order chi connectivity index (χ1) is 5.22. The molecular weight excluding hydrogens is 208 g/mol. The molecule has 0 amide bonds. The highest BCUT2D eigenvalue weighted by Gasteiger charge is 1.91. The molecule has 1 aromatic heterocycles. The van der Waals surface area contributed by atoms with E-state index in [-0.39, 0.29) is 5.56 Å². The van der Waals surface area contributed by atoms with Gasteiger partial charge in [0.2, 0.25) is 0 Å². The molecule has 0 fully saturated rings. The average molecular weight is 215 g/mol. The van der Waals surface area contributed by atoms with Crippen LogP contribution in [0.15, 0.2) is 15.8 Å². The van der Waals surface area contributed by atoms with Gasteiger partial charge in [-0.05, 0) is 18.0 Å². The van der Waals surface area contributed by atoms with Gasteiger partial charge in [-0.1, -0.05) is 15.9 Å². The molecule has 0 radical (unpaired) electrons. The fourth-order valence-corrected chi connectivity index (χ4v) is 1.02. The monoisotopic (exact) mass is 214 g/mol. The Morgan fingerprint density at radius 3 is 3.00 bits per heavy atom. The van der Waals surface area contributed by atoms with Crippen LogP contribution in [0, 0.1) is 6.92 Å². The first-order valence-corrected chi connectivity index (χ1v) is 3.98. The molecule has 0 bridgehead atoms. The molecule has 0 saturated heterocycles. The van der Waals surface area contributed by atoms with Crippen LogP contribution >= 0.6 is 15.9 Å². The first-order valence-electron chi connectivity index (χ1n) is 3.07. The molecule has 0 aliphatic carbocycles. The van der Waals surface area contributed by atoms with Crippen LogP contribution in [0.25, 0.3) is 6.08 Å². The molecule has 3 nitrogen and oxygen atoms in total. The number of halogens is 1. The number of hydrogen-bond donors (Lipinski definition) is 1. The van der Waals surface area contributed by atoms with E-state index >= 15 is 0 Å². The Hall–Kier alpha value is -0.900. The van der Waals surface area contributed by atoms with E-state index in [4.69, 9.17) is 0 Å². The number of H-pyrrole nitrogens is 1. The van der Waals surface area contributed by atoms with Crippen molar-refractivity contribution in [3.63, 3.8) is 0 Å². The molecule has 0 aliphatic rings. The zero-order valence-corrected chi connectivity index (χ0v) is 7.55. The van der Waals surface area contributed by atoms with Crippen molar-refractivity contribution >= 4 is 22.0 Å². The molecule has 1 heterocycles. The third kappa shape index (κ3) is 2.31. The molecule has 0 unspecified atom stereocenters. The normalized spacial score (nSPS) is 10.7. The number of aryl methyl sites for hydroxylation is 1. The van der Waals surface area contributed by atoms with Gasteiger partial charge < -0.3 is 4.98 Å². The van der Waals surface area contributed by atoms with Crippen LogP contribution < -0.4 is 5.56 Å². The van der Waals surface area contributed by atoms with Gasteiger partial charge in [-0.3, -0.25) is 4.79 Å². The van der Waals surface area contributed by atoms with Gasteiger partial charge in [0, 0.05) is 6.07 Å². The van der Waals surface area contributed by atoms with Crippen molar-refractivity contribution in [2.75, 3.05) is 0 Å². The summed E-state index contributed by atoms with van der Waals surface area (Å²) in [6.07, 6.45) is 1.71. The van der Waals surface area contributed by atoms with Gasteiger partial charge in [-0.2, -0.15) is 0 Å². The van der Waals surface area contributed by atoms with Crippen molar-refractivity contribution in [3.05, 3.63) is 32.9 Å². The summed E-state index contributed by atoms with van der Waals surface area (Å²) in [7, 11) is 0. The minimum Gasteiger partial charge on any atom is -0.311 e. The Morgan fingerprint density at radius 2 is 2.45 bits per heavy atom. The van der Waals surface area contributed by atoms with E-state index in [0.29, 0.717) is 11.5 Å². The largest absolute Gasteiger partial charge is 0.311 e. The Kier molecular flexibility index (Phi) is 2.59. The lowest BCUT2D eigenvalue weighted by atomic mass is 10.4. The topological polar surface area (TPSA) is 45.8 Å². The van der Waals surface area contributed by atoms with E-state index in [1.807, 2.05) is 0 Å². The van der Waals surface area contributed by atoms with Gasteiger partial charge in [0.1, 0.15) is 5.82 Å². The summed E-state index contributed by atoms with van der Waals surface area (Å²) >= 11 is 3.10. The maximum atomic E-state index is 10.8. The van der Waals surface area contributed by atoms with Crippen molar-refractivity contribution in [3.8, 4) is 0 Å². The molecule has 11 heavy (non-hydrogen) atoms. The number of nitrogens with one attached hydrogen (secondary N) is 1. The van der Waals surface area contributed by atoms with E-state index in [0.717, 1.165) is 0 Å². The Balaban J connectivity index is 3.19. The minimum atomic E-state index is -0.127. The maximum absolute atomic E-state index is 10.8. The highest BCUT2D eigenvalue weighted by Crippen LogP contribution is 1.96. The second-order valence-corrected chi connectivity index (χ2v) is 2.58. The fourth-order valence-electron chi connectivity index (χ4n) is 0.752. The van der Waals surface area contributed by atoms with Crippen molar-refractivity contribution in [2.24, 2.45) is 0 Å². The highest BCUT2D eigenvalue weighted by atomic mass is 79.9. The second-order valence-electron chi connectivity index (χ2n) is 2.05.